The summed E-state index contributed by atoms with van der Waals surface area (Å²) in [6.45, 7) is -0.172. The first-order valence-corrected chi connectivity index (χ1v) is 6.04. The van der Waals surface area contributed by atoms with E-state index in [1.54, 1.807) is 0 Å². The summed E-state index contributed by atoms with van der Waals surface area (Å²) in [5.41, 5.74) is 0.654. The first-order chi connectivity index (χ1) is 9.99. The van der Waals surface area contributed by atoms with Crippen molar-refractivity contribution in [1.29, 1.82) is 5.26 Å². The minimum absolute atomic E-state index is 0.118. The summed E-state index contributed by atoms with van der Waals surface area (Å²) < 4.78 is 22.2. The SMILES string of the molecule is COC(=O)CN(CC(=O)OC)Cc1ccc(F)cc1C#N. The minimum atomic E-state index is -0.528. The van der Waals surface area contributed by atoms with E-state index in [2.05, 4.69) is 9.47 Å². The zero-order valence-electron chi connectivity index (χ0n) is 11.8. The fraction of sp³-hybridized carbons (Fsp3) is 0.357. The molecule has 0 N–H and O–H groups in total. The zero-order chi connectivity index (χ0) is 15.8. The average molecular weight is 294 g/mol. The number of nitriles is 1. The molecule has 0 aliphatic carbocycles. The quantitative estimate of drug-likeness (QED) is 0.724. The lowest BCUT2D eigenvalue weighted by molar-refractivity contribution is -0.145. The van der Waals surface area contributed by atoms with Crippen LogP contribution in [-0.4, -0.2) is 44.1 Å². The van der Waals surface area contributed by atoms with Crippen LogP contribution in [0.2, 0.25) is 0 Å². The predicted octanol–water partition coefficient (Wildman–Crippen LogP) is 0.845. The van der Waals surface area contributed by atoms with Crippen LogP contribution in [0.25, 0.3) is 0 Å². The molecule has 0 fully saturated rings. The van der Waals surface area contributed by atoms with Crippen LogP contribution in [0.3, 0.4) is 0 Å². The summed E-state index contributed by atoms with van der Waals surface area (Å²) in [7, 11) is 2.47. The van der Waals surface area contributed by atoms with Crippen LogP contribution < -0.4 is 0 Å². The van der Waals surface area contributed by atoms with Crippen molar-refractivity contribution in [2.24, 2.45) is 0 Å². The van der Waals surface area contributed by atoms with Crippen molar-refractivity contribution in [3.8, 4) is 6.07 Å². The molecule has 112 valence electrons. The van der Waals surface area contributed by atoms with E-state index in [0.717, 1.165) is 6.07 Å². The maximum absolute atomic E-state index is 13.1. The van der Waals surface area contributed by atoms with Gasteiger partial charge in [0.2, 0.25) is 0 Å². The van der Waals surface area contributed by atoms with Gasteiger partial charge in [-0.25, -0.2) is 4.39 Å². The smallest absolute Gasteiger partial charge is 0.319 e. The Morgan fingerprint density at radius 3 is 2.29 bits per heavy atom. The van der Waals surface area contributed by atoms with Gasteiger partial charge in [0.1, 0.15) is 5.82 Å². The highest BCUT2D eigenvalue weighted by molar-refractivity contribution is 5.74. The summed E-state index contributed by atoms with van der Waals surface area (Å²) in [6.07, 6.45) is 0. The molecule has 0 bridgehead atoms. The lowest BCUT2D eigenvalue weighted by Crippen LogP contribution is -2.35. The van der Waals surface area contributed by atoms with E-state index < -0.39 is 17.8 Å². The highest BCUT2D eigenvalue weighted by Crippen LogP contribution is 2.13. The monoisotopic (exact) mass is 294 g/mol. The fourth-order valence-corrected chi connectivity index (χ4v) is 1.69. The predicted molar refractivity (Wildman–Crippen MR) is 70.4 cm³/mol. The van der Waals surface area contributed by atoms with Crippen LogP contribution in [-0.2, 0) is 25.6 Å². The lowest BCUT2D eigenvalue weighted by atomic mass is 10.1. The van der Waals surface area contributed by atoms with Gasteiger partial charge in [-0.3, -0.25) is 14.5 Å². The zero-order valence-corrected chi connectivity index (χ0v) is 11.8. The van der Waals surface area contributed by atoms with E-state index in [4.69, 9.17) is 5.26 Å². The van der Waals surface area contributed by atoms with Crippen LogP contribution in [0.1, 0.15) is 11.1 Å². The second-order valence-electron chi connectivity index (χ2n) is 4.21. The average Bonchev–Trinajstić information content (AvgIpc) is 2.48. The van der Waals surface area contributed by atoms with E-state index in [1.807, 2.05) is 6.07 Å². The molecule has 0 atom stereocenters. The Bertz CT molecular complexity index is 551. The number of esters is 2. The second kappa shape index (κ2) is 7.97. The first-order valence-electron chi connectivity index (χ1n) is 6.04. The van der Waals surface area contributed by atoms with Gasteiger partial charge >= 0.3 is 11.9 Å². The van der Waals surface area contributed by atoms with E-state index in [9.17, 15) is 14.0 Å². The molecule has 1 aromatic rings. The Kier molecular flexibility index (Phi) is 6.30. The molecule has 0 amide bonds. The van der Waals surface area contributed by atoms with Crippen molar-refractivity contribution in [2.45, 2.75) is 6.54 Å². The Morgan fingerprint density at radius 1 is 1.24 bits per heavy atom. The molecule has 1 aromatic carbocycles. The Labute approximate surface area is 121 Å². The Hall–Kier alpha value is -2.46. The number of benzene rings is 1. The van der Waals surface area contributed by atoms with E-state index in [0.29, 0.717) is 5.56 Å². The van der Waals surface area contributed by atoms with Crippen LogP contribution in [0, 0.1) is 17.1 Å². The number of nitrogens with zero attached hydrogens (tertiary/aromatic N) is 2. The molecular weight excluding hydrogens is 279 g/mol. The fourth-order valence-electron chi connectivity index (χ4n) is 1.69. The molecule has 0 saturated heterocycles. The molecule has 0 aliphatic heterocycles. The van der Waals surface area contributed by atoms with Crippen LogP contribution >= 0.6 is 0 Å². The number of ether oxygens (including phenoxy) is 2. The Morgan fingerprint density at radius 2 is 1.81 bits per heavy atom. The van der Waals surface area contributed by atoms with Crippen molar-refractivity contribution in [1.82, 2.24) is 4.90 Å². The number of carbonyl (C=O) groups excluding carboxylic acids is 2. The molecule has 0 aromatic heterocycles. The maximum Gasteiger partial charge on any atom is 0.319 e. The van der Waals surface area contributed by atoms with Gasteiger partial charge in [0.05, 0.1) is 38.9 Å². The van der Waals surface area contributed by atoms with E-state index in [1.165, 1.54) is 31.3 Å². The van der Waals surface area contributed by atoms with Gasteiger partial charge in [0, 0.05) is 6.54 Å². The lowest BCUT2D eigenvalue weighted by Gasteiger charge is -2.20. The Balaban J connectivity index is 2.92. The highest BCUT2D eigenvalue weighted by atomic mass is 19.1. The van der Waals surface area contributed by atoms with Crippen LogP contribution in [0.5, 0.6) is 0 Å². The summed E-state index contributed by atoms with van der Waals surface area (Å²) in [4.78, 5) is 24.1. The summed E-state index contributed by atoms with van der Waals surface area (Å²) in [5.74, 6) is -1.58. The molecule has 0 aliphatic rings. The van der Waals surface area contributed by atoms with Crippen molar-refractivity contribution < 1.29 is 23.5 Å². The summed E-state index contributed by atoms with van der Waals surface area (Å²) in [5, 5.41) is 8.99. The normalized spacial score (nSPS) is 10.0. The summed E-state index contributed by atoms with van der Waals surface area (Å²) in [6, 6.07) is 5.63. The molecular formula is C14H15FN2O4. The van der Waals surface area contributed by atoms with Gasteiger partial charge in [-0.1, -0.05) is 6.07 Å². The van der Waals surface area contributed by atoms with Gasteiger partial charge in [0.15, 0.2) is 0 Å². The standard InChI is InChI=1S/C14H15FN2O4/c1-20-13(18)8-17(9-14(19)21-2)7-10-3-4-12(15)5-11(10)6-16/h3-5H,7-9H2,1-2H3. The molecule has 1 rings (SSSR count). The third-order valence-corrected chi connectivity index (χ3v) is 2.75. The molecule has 0 spiro atoms. The van der Waals surface area contributed by atoms with Gasteiger partial charge in [0.25, 0.3) is 0 Å². The topological polar surface area (TPSA) is 79.6 Å². The number of methoxy groups -OCH3 is 2. The largest absolute Gasteiger partial charge is 0.468 e. The van der Waals surface area contributed by atoms with Crippen molar-refractivity contribution in [3.05, 3.63) is 35.1 Å². The van der Waals surface area contributed by atoms with Crippen LogP contribution in [0.15, 0.2) is 18.2 Å². The van der Waals surface area contributed by atoms with Gasteiger partial charge in [-0.2, -0.15) is 5.26 Å². The minimum Gasteiger partial charge on any atom is -0.468 e. The molecule has 0 radical (unpaired) electrons. The number of hydrogen-bond donors (Lipinski definition) is 0. The molecule has 0 unspecified atom stereocenters. The number of rotatable bonds is 6. The van der Waals surface area contributed by atoms with E-state index in [-0.39, 0.29) is 25.2 Å². The molecule has 0 saturated carbocycles. The first kappa shape index (κ1) is 16.6. The summed E-state index contributed by atoms with van der Waals surface area (Å²) >= 11 is 0. The van der Waals surface area contributed by atoms with Crippen LogP contribution in [0.4, 0.5) is 4.39 Å². The van der Waals surface area contributed by atoms with E-state index >= 15 is 0 Å². The van der Waals surface area contributed by atoms with Crippen molar-refractivity contribution in [3.63, 3.8) is 0 Å². The highest BCUT2D eigenvalue weighted by Gasteiger charge is 2.17. The maximum atomic E-state index is 13.1. The van der Waals surface area contributed by atoms with Gasteiger partial charge < -0.3 is 9.47 Å². The molecule has 21 heavy (non-hydrogen) atoms. The second-order valence-corrected chi connectivity index (χ2v) is 4.21. The van der Waals surface area contributed by atoms with Gasteiger partial charge in [-0.05, 0) is 17.7 Å². The third kappa shape index (κ3) is 5.20. The number of halogens is 1. The third-order valence-electron chi connectivity index (χ3n) is 2.75. The molecule has 6 nitrogen and oxygen atoms in total. The molecule has 7 heteroatoms. The number of carbonyl (C=O) groups is 2. The van der Waals surface area contributed by atoms with Gasteiger partial charge in [-0.15, -0.1) is 0 Å². The van der Waals surface area contributed by atoms with Crippen molar-refractivity contribution in [2.75, 3.05) is 27.3 Å². The molecule has 0 heterocycles. The van der Waals surface area contributed by atoms with Crippen molar-refractivity contribution >= 4 is 11.9 Å². The number of hydrogen-bond acceptors (Lipinski definition) is 6.